The van der Waals surface area contributed by atoms with Crippen LogP contribution in [0.1, 0.15) is 19.3 Å². The molecule has 2 aliphatic heterocycles. The topological polar surface area (TPSA) is 21.8 Å². The Morgan fingerprint density at radius 2 is 1.42 bits per heavy atom. The maximum absolute atomic E-state index is 13.4. The molecule has 0 bridgehead atoms. The highest BCUT2D eigenvalue weighted by atomic mass is 19.1. The van der Waals surface area contributed by atoms with Crippen LogP contribution in [0.15, 0.2) is 84.9 Å². The number of nitrogens with zero attached hydrogens (tertiary/aromatic N) is 3. The van der Waals surface area contributed by atoms with Gasteiger partial charge in [-0.3, -0.25) is 5.32 Å². The van der Waals surface area contributed by atoms with Crippen molar-refractivity contribution in [2.24, 2.45) is 0 Å². The van der Waals surface area contributed by atoms with Gasteiger partial charge in [0.05, 0.1) is 12.2 Å². The third-order valence-electron chi connectivity index (χ3n) is 7.21. The van der Waals surface area contributed by atoms with Crippen molar-refractivity contribution in [2.75, 3.05) is 49.2 Å². The zero-order chi connectivity index (χ0) is 22.5. The van der Waals surface area contributed by atoms with E-state index in [1.807, 2.05) is 12.1 Å². The zero-order valence-corrected chi connectivity index (χ0v) is 19.2. The van der Waals surface area contributed by atoms with Gasteiger partial charge in [0.15, 0.2) is 0 Å². The van der Waals surface area contributed by atoms with Gasteiger partial charge in [-0.05, 0) is 74.3 Å². The van der Waals surface area contributed by atoms with Crippen LogP contribution in [0.25, 0.3) is 0 Å². The minimum Gasteiger partial charge on any atom is -0.352 e. The van der Waals surface area contributed by atoms with E-state index in [1.165, 1.54) is 11.4 Å². The standard InChI is InChI=1S/C28H33FN4/c29-24-12-14-27(15-13-24)33-23-30-22-28(33)16-20-31(21-17-28)18-7-19-32(25-8-3-1-4-9-25)26-10-5-2-6-11-26/h1-6,8-15,30H,7,16-23H2. The van der Waals surface area contributed by atoms with E-state index in [-0.39, 0.29) is 11.4 Å². The van der Waals surface area contributed by atoms with E-state index in [2.05, 4.69) is 80.7 Å². The lowest BCUT2D eigenvalue weighted by atomic mass is 9.86. The van der Waals surface area contributed by atoms with E-state index in [0.717, 1.165) is 64.3 Å². The Bertz CT molecular complexity index is 962. The van der Waals surface area contributed by atoms with E-state index in [4.69, 9.17) is 0 Å². The van der Waals surface area contributed by atoms with E-state index in [0.29, 0.717) is 0 Å². The van der Waals surface area contributed by atoms with Gasteiger partial charge in [-0.2, -0.15) is 0 Å². The van der Waals surface area contributed by atoms with Crippen LogP contribution in [0.2, 0.25) is 0 Å². The molecule has 1 spiro atoms. The van der Waals surface area contributed by atoms with Gasteiger partial charge in [0.25, 0.3) is 0 Å². The predicted molar refractivity (Wildman–Crippen MR) is 135 cm³/mol. The number of hydrogen-bond donors (Lipinski definition) is 1. The molecule has 1 N–H and O–H groups in total. The number of para-hydroxylation sites is 2. The van der Waals surface area contributed by atoms with Gasteiger partial charge < -0.3 is 14.7 Å². The quantitative estimate of drug-likeness (QED) is 0.537. The Balaban J connectivity index is 1.18. The van der Waals surface area contributed by atoms with Gasteiger partial charge in [-0.15, -0.1) is 0 Å². The van der Waals surface area contributed by atoms with Crippen LogP contribution >= 0.6 is 0 Å². The first-order chi connectivity index (χ1) is 16.2. The first kappa shape index (κ1) is 21.9. The summed E-state index contributed by atoms with van der Waals surface area (Å²) in [7, 11) is 0. The summed E-state index contributed by atoms with van der Waals surface area (Å²) in [6.07, 6.45) is 3.40. The number of halogens is 1. The second kappa shape index (κ2) is 9.94. The van der Waals surface area contributed by atoms with Crippen molar-refractivity contribution >= 4 is 17.1 Å². The fourth-order valence-corrected chi connectivity index (χ4v) is 5.36. The summed E-state index contributed by atoms with van der Waals surface area (Å²) in [6.45, 7) is 6.17. The number of nitrogens with one attached hydrogen (secondary N) is 1. The summed E-state index contributed by atoms with van der Waals surface area (Å²) in [5.41, 5.74) is 3.76. The maximum Gasteiger partial charge on any atom is 0.123 e. The summed E-state index contributed by atoms with van der Waals surface area (Å²) < 4.78 is 13.4. The molecule has 33 heavy (non-hydrogen) atoms. The fourth-order valence-electron chi connectivity index (χ4n) is 5.36. The highest BCUT2D eigenvalue weighted by Crippen LogP contribution is 2.35. The van der Waals surface area contributed by atoms with Crippen LogP contribution < -0.4 is 15.1 Å². The number of piperidine rings is 1. The molecule has 0 unspecified atom stereocenters. The molecule has 172 valence electrons. The van der Waals surface area contributed by atoms with E-state index in [9.17, 15) is 4.39 Å². The van der Waals surface area contributed by atoms with Crippen LogP contribution in [0.4, 0.5) is 21.5 Å². The molecule has 2 saturated heterocycles. The summed E-state index contributed by atoms with van der Waals surface area (Å²) >= 11 is 0. The lowest BCUT2D eigenvalue weighted by molar-refractivity contribution is 0.168. The number of hydrogen-bond acceptors (Lipinski definition) is 4. The smallest absolute Gasteiger partial charge is 0.123 e. The molecule has 3 aromatic carbocycles. The van der Waals surface area contributed by atoms with E-state index in [1.54, 1.807) is 12.1 Å². The maximum atomic E-state index is 13.4. The number of likely N-dealkylation sites (tertiary alicyclic amines) is 1. The van der Waals surface area contributed by atoms with Crippen LogP contribution in [-0.4, -0.2) is 49.8 Å². The molecule has 2 heterocycles. The minimum atomic E-state index is -0.171. The molecule has 3 aromatic rings. The number of rotatable bonds is 7. The monoisotopic (exact) mass is 444 g/mol. The highest BCUT2D eigenvalue weighted by Gasteiger charge is 2.43. The average Bonchev–Trinajstić information content (AvgIpc) is 3.27. The van der Waals surface area contributed by atoms with Crippen molar-refractivity contribution < 1.29 is 4.39 Å². The van der Waals surface area contributed by atoms with Crippen molar-refractivity contribution in [3.05, 3.63) is 90.7 Å². The molecule has 5 heteroatoms. The van der Waals surface area contributed by atoms with Crippen LogP contribution in [0, 0.1) is 5.82 Å². The Labute approximate surface area is 196 Å². The zero-order valence-electron chi connectivity index (χ0n) is 19.2. The first-order valence-electron chi connectivity index (χ1n) is 12.1. The Morgan fingerprint density at radius 3 is 2.03 bits per heavy atom. The summed E-state index contributed by atoms with van der Waals surface area (Å²) in [5, 5.41) is 3.56. The fraction of sp³-hybridized carbons (Fsp3) is 0.357. The average molecular weight is 445 g/mol. The summed E-state index contributed by atoms with van der Waals surface area (Å²) in [6, 6.07) is 28.3. The van der Waals surface area contributed by atoms with E-state index < -0.39 is 0 Å². The largest absolute Gasteiger partial charge is 0.352 e. The molecule has 0 saturated carbocycles. The molecule has 0 aromatic heterocycles. The molecule has 0 aliphatic carbocycles. The number of benzene rings is 3. The minimum absolute atomic E-state index is 0.147. The van der Waals surface area contributed by atoms with Crippen LogP contribution in [0.3, 0.4) is 0 Å². The molecule has 0 radical (unpaired) electrons. The lowest BCUT2D eigenvalue weighted by Crippen LogP contribution is -2.54. The number of anilines is 3. The van der Waals surface area contributed by atoms with Gasteiger partial charge in [-0.25, -0.2) is 4.39 Å². The predicted octanol–water partition coefficient (Wildman–Crippen LogP) is 5.26. The molecule has 5 rings (SSSR count). The highest BCUT2D eigenvalue weighted by molar-refractivity contribution is 5.62. The lowest BCUT2D eigenvalue weighted by Gasteiger charge is -2.45. The van der Waals surface area contributed by atoms with Gasteiger partial charge in [-0.1, -0.05) is 36.4 Å². The molecule has 0 atom stereocenters. The molecule has 2 fully saturated rings. The Kier molecular flexibility index (Phi) is 6.60. The van der Waals surface area contributed by atoms with Gasteiger partial charge in [0, 0.05) is 43.2 Å². The van der Waals surface area contributed by atoms with Gasteiger partial charge in [0.1, 0.15) is 5.82 Å². The molecule has 0 amide bonds. The summed E-state index contributed by atoms with van der Waals surface area (Å²) in [4.78, 5) is 7.49. The van der Waals surface area contributed by atoms with Crippen molar-refractivity contribution in [1.82, 2.24) is 10.2 Å². The Morgan fingerprint density at radius 1 is 0.818 bits per heavy atom. The van der Waals surface area contributed by atoms with Crippen LogP contribution in [-0.2, 0) is 0 Å². The van der Waals surface area contributed by atoms with Crippen molar-refractivity contribution in [3.8, 4) is 0 Å². The van der Waals surface area contributed by atoms with Gasteiger partial charge >= 0.3 is 0 Å². The van der Waals surface area contributed by atoms with Crippen molar-refractivity contribution in [2.45, 2.75) is 24.8 Å². The van der Waals surface area contributed by atoms with E-state index >= 15 is 0 Å². The molecule has 2 aliphatic rings. The third-order valence-corrected chi connectivity index (χ3v) is 7.21. The second-order valence-electron chi connectivity index (χ2n) is 9.23. The summed E-state index contributed by atoms with van der Waals surface area (Å²) in [5.74, 6) is -0.171. The second-order valence-corrected chi connectivity index (χ2v) is 9.23. The van der Waals surface area contributed by atoms with Crippen molar-refractivity contribution in [1.29, 1.82) is 0 Å². The molecular weight excluding hydrogens is 411 g/mol. The third kappa shape index (κ3) is 4.90. The SMILES string of the molecule is Fc1ccc(N2CNCC23CCN(CCCN(c2ccccc2)c2ccccc2)CC3)cc1. The van der Waals surface area contributed by atoms with Gasteiger partial charge in [0.2, 0.25) is 0 Å². The Hall–Kier alpha value is -2.89. The van der Waals surface area contributed by atoms with Crippen molar-refractivity contribution in [3.63, 3.8) is 0 Å². The molecule has 4 nitrogen and oxygen atoms in total. The van der Waals surface area contributed by atoms with Crippen LogP contribution in [0.5, 0.6) is 0 Å². The molecular formula is C28H33FN4. The first-order valence-corrected chi connectivity index (χ1v) is 12.1. The normalized spacial score (nSPS) is 18.0.